The van der Waals surface area contributed by atoms with Crippen molar-refractivity contribution in [3.63, 3.8) is 0 Å². The molecule has 0 saturated heterocycles. The van der Waals surface area contributed by atoms with Gasteiger partial charge in [0.15, 0.2) is 0 Å². The van der Waals surface area contributed by atoms with Crippen LogP contribution in [0.3, 0.4) is 0 Å². The van der Waals surface area contributed by atoms with Gasteiger partial charge in [-0.3, -0.25) is 9.69 Å². The molecule has 4 heteroatoms. The summed E-state index contributed by atoms with van der Waals surface area (Å²) in [4.78, 5) is 13.8. The lowest BCUT2D eigenvalue weighted by Crippen LogP contribution is -2.25. The van der Waals surface area contributed by atoms with Crippen LogP contribution in [0.1, 0.15) is 18.9 Å². The fourth-order valence-electron chi connectivity index (χ4n) is 2.23. The second-order valence-corrected chi connectivity index (χ2v) is 4.70. The van der Waals surface area contributed by atoms with Crippen molar-refractivity contribution < 1.29 is 4.79 Å². The van der Waals surface area contributed by atoms with E-state index < -0.39 is 0 Å². The second kappa shape index (κ2) is 4.91. The average molecular weight is 273 g/mol. The molecular formula is C15H13ClN2O. The molecule has 2 rings (SSSR count). The molecule has 0 radical (unpaired) electrons. The number of amides is 1. The minimum Gasteiger partial charge on any atom is -0.276 e. The maximum atomic E-state index is 12.3. The summed E-state index contributed by atoms with van der Waals surface area (Å²) >= 11 is 6.08. The molecule has 19 heavy (non-hydrogen) atoms. The molecular weight excluding hydrogens is 260 g/mol. The Labute approximate surface area is 117 Å². The van der Waals surface area contributed by atoms with Crippen molar-refractivity contribution in [1.82, 2.24) is 0 Å². The number of hydrogen-bond acceptors (Lipinski definition) is 2. The molecule has 0 spiro atoms. The molecule has 1 heterocycles. The van der Waals surface area contributed by atoms with E-state index in [1.165, 1.54) is 4.90 Å². The predicted octanol–water partition coefficient (Wildman–Crippen LogP) is 3.74. The number of anilines is 1. The number of carbonyl (C=O) groups is 1. The second-order valence-electron chi connectivity index (χ2n) is 4.29. The summed E-state index contributed by atoms with van der Waals surface area (Å²) in [6.07, 6.45) is 0.601. The van der Waals surface area contributed by atoms with Crippen LogP contribution < -0.4 is 4.90 Å². The van der Waals surface area contributed by atoms with E-state index in [-0.39, 0.29) is 11.5 Å². The van der Waals surface area contributed by atoms with Gasteiger partial charge >= 0.3 is 0 Å². The molecule has 3 nitrogen and oxygen atoms in total. The predicted molar refractivity (Wildman–Crippen MR) is 75.7 cm³/mol. The van der Waals surface area contributed by atoms with E-state index >= 15 is 0 Å². The van der Waals surface area contributed by atoms with Crippen LogP contribution in [0.4, 0.5) is 5.69 Å². The Morgan fingerprint density at radius 3 is 2.68 bits per heavy atom. The van der Waals surface area contributed by atoms with Crippen molar-refractivity contribution >= 4 is 23.2 Å². The molecule has 1 aliphatic heterocycles. The van der Waals surface area contributed by atoms with Gasteiger partial charge in [-0.15, -0.1) is 0 Å². The van der Waals surface area contributed by atoms with E-state index in [0.717, 1.165) is 5.56 Å². The first-order valence-corrected chi connectivity index (χ1v) is 6.32. The molecule has 1 aromatic carbocycles. The van der Waals surface area contributed by atoms with Gasteiger partial charge in [0.25, 0.3) is 5.91 Å². The Bertz CT molecular complexity index is 653. The highest BCUT2D eigenvalue weighted by Crippen LogP contribution is 2.37. The molecule has 0 atom stereocenters. The van der Waals surface area contributed by atoms with Gasteiger partial charge < -0.3 is 0 Å². The standard InChI is InChI=1S/C15H13ClN2O/c1-4-11-10(3)18(15(19)12(11)8-17)14-7-5-6-13(16)9(14)2/h5-7H,3-4H2,1-2H3. The zero-order chi connectivity index (χ0) is 14.2. The highest BCUT2D eigenvalue weighted by molar-refractivity contribution is 6.32. The first-order valence-electron chi connectivity index (χ1n) is 5.95. The van der Waals surface area contributed by atoms with Crippen molar-refractivity contribution in [3.8, 4) is 6.07 Å². The summed E-state index contributed by atoms with van der Waals surface area (Å²) in [6.45, 7) is 7.68. The molecule has 1 aliphatic rings. The summed E-state index contributed by atoms with van der Waals surface area (Å²) in [5, 5.41) is 9.71. The number of benzene rings is 1. The van der Waals surface area contributed by atoms with E-state index in [4.69, 9.17) is 16.9 Å². The first-order chi connectivity index (χ1) is 9.02. The number of nitrogens with zero attached hydrogens (tertiary/aromatic N) is 2. The number of allylic oxidation sites excluding steroid dienone is 1. The number of halogens is 1. The Balaban J connectivity index is 2.57. The number of hydrogen-bond donors (Lipinski definition) is 0. The third kappa shape index (κ3) is 1.94. The van der Waals surface area contributed by atoms with Crippen molar-refractivity contribution in [3.05, 3.63) is 52.2 Å². The molecule has 0 aliphatic carbocycles. The Hall–Kier alpha value is -2.05. The monoisotopic (exact) mass is 272 g/mol. The largest absolute Gasteiger partial charge is 0.276 e. The average Bonchev–Trinajstić information content (AvgIpc) is 2.63. The van der Waals surface area contributed by atoms with Gasteiger partial charge in [0.2, 0.25) is 0 Å². The van der Waals surface area contributed by atoms with E-state index in [1.54, 1.807) is 18.2 Å². The fourth-order valence-corrected chi connectivity index (χ4v) is 2.40. The number of carbonyl (C=O) groups excluding carboxylic acids is 1. The number of rotatable bonds is 2. The normalized spacial score (nSPS) is 15.2. The highest BCUT2D eigenvalue weighted by Gasteiger charge is 2.34. The highest BCUT2D eigenvalue weighted by atomic mass is 35.5. The minimum atomic E-state index is -0.324. The Morgan fingerprint density at radius 2 is 2.16 bits per heavy atom. The van der Waals surface area contributed by atoms with Gasteiger partial charge in [0.1, 0.15) is 11.6 Å². The van der Waals surface area contributed by atoms with Crippen molar-refractivity contribution in [2.24, 2.45) is 0 Å². The van der Waals surface area contributed by atoms with Gasteiger partial charge in [-0.2, -0.15) is 5.26 Å². The molecule has 0 saturated carbocycles. The summed E-state index contributed by atoms with van der Waals surface area (Å²) < 4.78 is 0. The zero-order valence-corrected chi connectivity index (χ0v) is 11.6. The van der Waals surface area contributed by atoms with Crippen molar-refractivity contribution in [1.29, 1.82) is 5.26 Å². The van der Waals surface area contributed by atoms with E-state index in [0.29, 0.717) is 28.4 Å². The van der Waals surface area contributed by atoms with Crippen molar-refractivity contribution in [2.45, 2.75) is 20.3 Å². The lowest BCUT2D eigenvalue weighted by atomic mass is 10.1. The minimum absolute atomic E-state index is 0.173. The Morgan fingerprint density at radius 1 is 1.47 bits per heavy atom. The van der Waals surface area contributed by atoms with Crippen LogP contribution in [0.5, 0.6) is 0 Å². The van der Waals surface area contributed by atoms with Gasteiger partial charge in [-0.05, 0) is 36.6 Å². The van der Waals surface area contributed by atoms with Crippen LogP contribution >= 0.6 is 11.6 Å². The summed E-state index contributed by atoms with van der Waals surface area (Å²) in [5.41, 5.74) is 2.92. The lowest BCUT2D eigenvalue weighted by molar-refractivity contribution is -0.113. The summed E-state index contributed by atoms with van der Waals surface area (Å²) in [5.74, 6) is -0.324. The van der Waals surface area contributed by atoms with Crippen LogP contribution in [-0.4, -0.2) is 5.91 Å². The van der Waals surface area contributed by atoms with Crippen LogP contribution in [0, 0.1) is 18.3 Å². The maximum absolute atomic E-state index is 12.3. The van der Waals surface area contributed by atoms with Crippen LogP contribution in [-0.2, 0) is 4.79 Å². The molecule has 0 bridgehead atoms. The van der Waals surface area contributed by atoms with Crippen LogP contribution in [0.25, 0.3) is 0 Å². The SMILES string of the molecule is C=C1C(CC)=C(C#N)C(=O)N1c1cccc(Cl)c1C. The summed E-state index contributed by atoms with van der Waals surface area (Å²) in [7, 11) is 0. The van der Waals surface area contributed by atoms with Gasteiger partial charge in [-0.25, -0.2) is 0 Å². The van der Waals surface area contributed by atoms with Crippen LogP contribution in [0.2, 0.25) is 5.02 Å². The molecule has 1 amide bonds. The molecule has 0 N–H and O–H groups in total. The lowest BCUT2D eigenvalue weighted by Gasteiger charge is -2.21. The third-order valence-electron chi connectivity index (χ3n) is 3.28. The molecule has 0 unspecified atom stereocenters. The van der Waals surface area contributed by atoms with E-state index in [2.05, 4.69) is 6.58 Å². The van der Waals surface area contributed by atoms with Gasteiger partial charge in [0, 0.05) is 10.7 Å². The van der Waals surface area contributed by atoms with Gasteiger partial charge in [-0.1, -0.05) is 31.2 Å². The maximum Gasteiger partial charge on any atom is 0.273 e. The third-order valence-corrected chi connectivity index (χ3v) is 3.69. The van der Waals surface area contributed by atoms with E-state index in [1.807, 2.05) is 19.9 Å². The topological polar surface area (TPSA) is 44.1 Å². The van der Waals surface area contributed by atoms with Gasteiger partial charge in [0.05, 0.1) is 5.69 Å². The Kier molecular flexibility index (Phi) is 3.46. The molecule has 0 aromatic heterocycles. The smallest absolute Gasteiger partial charge is 0.273 e. The molecule has 1 aromatic rings. The fraction of sp³-hybridized carbons (Fsp3) is 0.200. The van der Waals surface area contributed by atoms with Crippen molar-refractivity contribution in [2.75, 3.05) is 4.90 Å². The zero-order valence-electron chi connectivity index (χ0n) is 10.8. The van der Waals surface area contributed by atoms with Crippen LogP contribution in [0.15, 0.2) is 41.6 Å². The van der Waals surface area contributed by atoms with E-state index in [9.17, 15) is 4.79 Å². The molecule has 96 valence electrons. The quantitative estimate of drug-likeness (QED) is 0.823. The molecule has 0 fully saturated rings. The number of nitriles is 1. The first kappa shape index (κ1) is 13.4. The summed E-state index contributed by atoms with van der Waals surface area (Å²) in [6, 6.07) is 7.32.